The number of halogens is 2. The van der Waals surface area contributed by atoms with Gasteiger partial charge in [-0.2, -0.15) is 5.10 Å². The molecule has 2 rings (SSSR count). The predicted octanol–water partition coefficient (Wildman–Crippen LogP) is 5.16. The summed E-state index contributed by atoms with van der Waals surface area (Å²) in [6, 6.07) is 8.45. The molecule has 1 aromatic carbocycles. The summed E-state index contributed by atoms with van der Waals surface area (Å²) in [5.74, 6) is 0.682. The molecular weight excluding hydrogens is 351 g/mol. The van der Waals surface area contributed by atoms with Crippen LogP contribution in [0.2, 0.25) is 10.2 Å². The van der Waals surface area contributed by atoms with Crippen molar-refractivity contribution < 1.29 is 0 Å². The Bertz CT molecular complexity index is 749. The van der Waals surface area contributed by atoms with Crippen molar-refractivity contribution in [2.24, 2.45) is 0 Å². The first-order valence-electron chi connectivity index (χ1n) is 7.42. The van der Waals surface area contributed by atoms with E-state index in [4.69, 9.17) is 23.2 Å². The van der Waals surface area contributed by atoms with Gasteiger partial charge in [0.05, 0.1) is 4.90 Å². The highest BCUT2D eigenvalue weighted by Gasteiger charge is 2.16. The SMILES string of the molecule is CCn1nc(Cl)c(SCc2ccc(C(C)(C)C)cc2)c(Cl)c1=O. The third-order valence-corrected chi connectivity index (χ3v) is 5.52. The molecule has 0 radical (unpaired) electrons. The summed E-state index contributed by atoms with van der Waals surface area (Å²) in [6.45, 7) is 8.82. The molecule has 3 nitrogen and oxygen atoms in total. The molecule has 0 N–H and O–H groups in total. The Kier molecular flexibility index (Phi) is 5.82. The zero-order valence-corrected chi connectivity index (χ0v) is 16.0. The molecule has 0 unspecified atom stereocenters. The molecule has 23 heavy (non-hydrogen) atoms. The van der Waals surface area contributed by atoms with Gasteiger partial charge in [0, 0.05) is 12.3 Å². The van der Waals surface area contributed by atoms with Crippen LogP contribution < -0.4 is 5.56 Å². The highest BCUT2D eigenvalue weighted by atomic mass is 35.5. The minimum atomic E-state index is -0.302. The van der Waals surface area contributed by atoms with Crippen molar-refractivity contribution in [3.63, 3.8) is 0 Å². The molecule has 6 heteroatoms. The molecule has 0 bridgehead atoms. The molecule has 0 aliphatic rings. The van der Waals surface area contributed by atoms with Crippen molar-refractivity contribution in [3.8, 4) is 0 Å². The molecule has 0 fully saturated rings. The average molecular weight is 371 g/mol. The maximum absolute atomic E-state index is 12.0. The Morgan fingerprint density at radius 2 is 1.78 bits per heavy atom. The number of hydrogen-bond acceptors (Lipinski definition) is 3. The van der Waals surface area contributed by atoms with Gasteiger partial charge < -0.3 is 0 Å². The van der Waals surface area contributed by atoms with Crippen LogP contribution in [0.25, 0.3) is 0 Å². The van der Waals surface area contributed by atoms with Crippen molar-refractivity contribution >= 4 is 35.0 Å². The van der Waals surface area contributed by atoms with Gasteiger partial charge in [-0.3, -0.25) is 4.79 Å². The van der Waals surface area contributed by atoms with Crippen LogP contribution in [0.3, 0.4) is 0 Å². The van der Waals surface area contributed by atoms with Gasteiger partial charge in [0.15, 0.2) is 5.15 Å². The molecule has 0 spiro atoms. The molecular formula is C17H20Cl2N2OS. The van der Waals surface area contributed by atoms with Crippen LogP contribution in [0, 0.1) is 0 Å². The minimum absolute atomic E-state index is 0.132. The summed E-state index contributed by atoms with van der Waals surface area (Å²) in [5, 5.41) is 4.49. The fourth-order valence-corrected chi connectivity index (χ4v) is 3.72. The lowest BCUT2D eigenvalue weighted by Gasteiger charge is -2.19. The zero-order valence-electron chi connectivity index (χ0n) is 13.7. The van der Waals surface area contributed by atoms with Crippen molar-refractivity contribution in [1.29, 1.82) is 0 Å². The van der Waals surface area contributed by atoms with Crippen LogP contribution in [-0.2, 0) is 17.7 Å². The summed E-state index contributed by atoms with van der Waals surface area (Å²) in [7, 11) is 0. The third-order valence-electron chi connectivity index (χ3n) is 3.52. The monoisotopic (exact) mass is 370 g/mol. The van der Waals surface area contributed by atoms with E-state index in [1.165, 1.54) is 22.0 Å². The van der Waals surface area contributed by atoms with Crippen molar-refractivity contribution in [2.75, 3.05) is 0 Å². The Morgan fingerprint density at radius 1 is 1.17 bits per heavy atom. The number of benzene rings is 1. The lowest BCUT2D eigenvalue weighted by Crippen LogP contribution is -2.23. The van der Waals surface area contributed by atoms with Gasteiger partial charge in [-0.15, -0.1) is 11.8 Å². The summed E-state index contributed by atoms with van der Waals surface area (Å²) in [6.07, 6.45) is 0. The first kappa shape index (κ1) is 18.4. The van der Waals surface area contributed by atoms with Crippen LogP contribution in [-0.4, -0.2) is 9.78 Å². The Labute approximate surface area is 151 Å². The van der Waals surface area contributed by atoms with Crippen LogP contribution in [0.1, 0.15) is 38.8 Å². The van der Waals surface area contributed by atoms with Crippen LogP contribution in [0.15, 0.2) is 34.0 Å². The lowest BCUT2D eigenvalue weighted by molar-refractivity contribution is 0.590. The zero-order chi connectivity index (χ0) is 17.2. The van der Waals surface area contributed by atoms with Crippen molar-refractivity contribution in [2.45, 2.75) is 50.3 Å². The van der Waals surface area contributed by atoms with E-state index in [0.29, 0.717) is 17.2 Å². The minimum Gasteiger partial charge on any atom is -0.266 e. The van der Waals surface area contributed by atoms with E-state index < -0.39 is 0 Å². The molecule has 0 saturated carbocycles. The highest BCUT2D eigenvalue weighted by Crippen LogP contribution is 2.33. The highest BCUT2D eigenvalue weighted by molar-refractivity contribution is 7.98. The van der Waals surface area contributed by atoms with Crippen molar-refractivity contribution in [3.05, 3.63) is 55.9 Å². The number of rotatable bonds is 4. The predicted molar refractivity (Wildman–Crippen MR) is 98.9 cm³/mol. The third kappa shape index (κ3) is 4.31. The molecule has 1 heterocycles. The summed E-state index contributed by atoms with van der Waals surface area (Å²) >= 11 is 13.7. The Morgan fingerprint density at radius 3 is 2.30 bits per heavy atom. The van der Waals surface area contributed by atoms with E-state index in [2.05, 4.69) is 50.1 Å². The smallest absolute Gasteiger partial charge is 0.266 e. The second-order valence-electron chi connectivity index (χ2n) is 6.29. The van der Waals surface area contributed by atoms with E-state index >= 15 is 0 Å². The maximum atomic E-state index is 12.0. The summed E-state index contributed by atoms with van der Waals surface area (Å²) in [4.78, 5) is 12.6. The molecule has 0 saturated heterocycles. The second-order valence-corrected chi connectivity index (χ2v) is 8.01. The summed E-state index contributed by atoms with van der Waals surface area (Å²) in [5.41, 5.74) is 2.26. The van der Waals surface area contributed by atoms with Gasteiger partial charge in [-0.1, -0.05) is 68.2 Å². The quantitative estimate of drug-likeness (QED) is 0.697. The van der Waals surface area contributed by atoms with E-state index in [9.17, 15) is 4.79 Å². The first-order valence-corrected chi connectivity index (χ1v) is 9.16. The molecule has 124 valence electrons. The lowest BCUT2D eigenvalue weighted by atomic mass is 9.87. The molecule has 0 aliphatic carbocycles. The van der Waals surface area contributed by atoms with Crippen LogP contribution in [0.4, 0.5) is 0 Å². The fraction of sp³-hybridized carbons (Fsp3) is 0.412. The molecule has 0 amide bonds. The number of aromatic nitrogens is 2. The summed E-state index contributed by atoms with van der Waals surface area (Å²) < 4.78 is 1.27. The van der Waals surface area contributed by atoms with Crippen LogP contribution >= 0.6 is 35.0 Å². The molecule has 2 aromatic rings. The topological polar surface area (TPSA) is 34.9 Å². The average Bonchev–Trinajstić information content (AvgIpc) is 2.50. The number of hydrogen-bond donors (Lipinski definition) is 0. The van der Waals surface area contributed by atoms with Gasteiger partial charge in [-0.25, -0.2) is 4.68 Å². The Balaban J connectivity index is 2.19. The van der Waals surface area contributed by atoms with Gasteiger partial charge in [0.2, 0.25) is 0 Å². The largest absolute Gasteiger partial charge is 0.286 e. The van der Waals surface area contributed by atoms with E-state index in [1.54, 1.807) is 0 Å². The Hall–Kier alpha value is -0.970. The van der Waals surface area contributed by atoms with Crippen molar-refractivity contribution in [1.82, 2.24) is 9.78 Å². The van der Waals surface area contributed by atoms with E-state index in [-0.39, 0.29) is 21.2 Å². The number of nitrogens with zero attached hydrogens (tertiary/aromatic N) is 2. The second kappa shape index (κ2) is 7.29. The van der Waals surface area contributed by atoms with E-state index in [0.717, 1.165) is 5.56 Å². The molecule has 0 atom stereocenters. The number of aryl methyl sites for hydroxylation is 1. The number of thioether (sulfide) groups is 1. The standard InChI is InChI=1S/C17H20Cl2N2OS/c1-5-21-16(22)13(18)14(15(19)20-21)23-10-11-6-8-12(9-7-11)17(2,3)4/h6-9H,5,10H2,1-4H3. The van der Waals surface area contributed by atoms with Gasteiger partial charge in [0.25, 0.3) is 5.56 Å². The molecule has 0 aliphatic heterocycles. The van der Waals surface area contributed by atoms with Crippen LogP contribution in [0.5, 0.6) is 0 Å². The fourth-order valence-electron chi connectivity index (χ4n) is 2.09. The van der Waals surface area contributed by atoms with Gasteiger partial charge in [-0.05, 0) is 23.5 Å². The maximum Gasteiger partial charge on any atom is 0.286 e. The normalized spacial score (nSPS) is 11.7. The van der Waals surface area contributed by atoms with E-state index in [1.807, 2.05) is 6.92 Å². The van der Waals surface area contributed by atoms with Gasteiger partial charge >= 0.3 is 0 Å². The van der Waals surface area contributed by atoms with Gasteiger partial charge in [0.1, 0.15) is 5.02 Å². The molecule has 1 aromatic heterocycles. The first-order chi connectivity index (χ1) is 10.7.